The van der Waals surface area contributed by atoms with Crippen molar-refractivity contribution in [3.05, 3.63) is 69.1 Å². The topological polar surface area (TPSA) is 25.8 Å². The van der Waals surface area contributed by atoms with Gasteiger partial charge in [-0.15, -0.1) is 22.7 Å². The van der Waals surface area contributed by atoms with Gasteiger partial charge >= 0.3 is 0 Å². The van der Waals surface area contributed by atoms with Crippen molar-refractivity contribution in [2.24, 2.45) is 0 Å². The molecule has 5 heteroatoms. The van der Waals surface area contributed by atoms with Crippen LogP contribution in [-0.2, 0) is 10.8 Å². The standard InChI is InChI=1S/C88H144N2S3/c1-7-11-15-19-23-27-31-35-39-43-47-51-55-59-65-87(66-60-56-52-48-44-40-36-32-28-24-20-16-12-8-2)78-71-77-79(70-76(78)85-80(87)69-74(6)91-85)88(67-61-57-53-49-45-41-37-33-29-25-21-17-13-9-3,68-62-58-54-50-46-42-38-34-30-26-22-18-14-10-4)81-72-82(92-86(77)81)75-64-63-73(5)83-84(75)90-93-89-83/h63-64,69-72H,7-62,65-68H2,1-6H3. The Kier molecular flexibility index (Phi) is 39.3. The summed E-state index contributed by atoms with van der Waals surface area (Å²) in [6.45, 7) is 14.0. The van der Waals surface area contributed by atoms with Crippen LogP contribution < -0.4 is 0 Å². The van der Waals surface area contributed by atoms with Gasteiger partial charge in [0.1, 0.15) is 11.0 Å². The lowest BCUT2D eigenvalue weighted by atomic mass is 9.68. The molecule has 93 heavy (non-hydrogen) atoms. The van der Waals surface area contributed by atoms with Crippen molar-refractivity contribution in [2.45, 2.75) is 438 Å². The van der Waals surface area contributed by atoms with Crippen molar-refractivity contribution >= 4 is 45.4 Å². The fourth-order valence-corrected chi connectivity index (χ4v) is 20.3. The van der Waals surface area contributed by atoms with E-state index in [2.05, 4.69) is 101 Å². The van der Waals surface area contributed by atoms with E-state index < -0.39 is 0 Å². The highest BCUT2D eigenvalue weighted by Gasteiger charge is 2.49. The zero-order chi connectivity index (χ0) is 65.3. The number of thiophene rings is 2. The SMILES string of the molecule is CCCCCCCCCCCCCCCCC1(CCCCCCCCCCCCCCCC)c2cc3c(cc2-c2sc(C)cc21)C(CCCCCCCCCCCCCCCC)(CCCCCCCCCCCCCCCC)c1cc(-c2ccc(C)c4nsnc24)sc1-3. The second-order valence-electron chi connectivity index (χ2n) is 30.8. The van der Waals surface area contributed by atoms with Gasteiger partial charge in [0, 0.05) is 35.9 Å². The minimum Gasteiger partial charge on any atom is -0.173 e. The molecule has 0 radical (unpaired) electrons. The van der Waals surface area contributed by atoms with E-state index in [1.807, 2.05) is 0 Å². The number of rotatable bonds is 61. The smallest absolute Gasteiger partial charge is 0.113 e. The zero-order valence-corrected chi connectivity index (χ0v) is 64.5. The molecular formula is C88H144N2S3. The number of hydrogen-bond acceptors (Lipinski definition) is 5. The molecule has 2 aliphatic rings. The Morgan fingerprint density at radius 1 is 0.269 bits per heavy atom. The quantitative estimate of drug-likeness (QED) is 0.0363. The van der Waals surface area contributed by atoms with Crippen LogP contribution in [-0.4, -0.2) is 8.75 Å². The summed E-state index contributed by atoms with van der Waals surface area (Å²) in [7, 11) is 0. The fraction of sp³-hybridized carbons (Fsp3) is 0.773. The average Bonchev–Trinajstić information content (AvgIpc) is 1.53. The van der Waals surface area contributed by atoms with Crippen LogP contribution in [0, 0.1) is 13.8 Å². The molecule has 0 aliphatic heterocycles. The number of unbranched alkanes of at least 4 members (excludes halogenated alkanes) is 52. The largest absolute Gasteiger partial charge is 0.173 e. The Morgan fingerprint density at radius 3 is 0.849 bits per heavy atom. The van der Waals surface area contributed by atoms with Gasteiger partial charge in [0.05, 0.1) is 11.7 Å². The van der Waals surface area contributed by atoms with Crippen LogP contribution in [0.25, 0.3) is 42.4 Å². The van der Waals surface area contributed by atoms with Gasteiger partial charge in [0.2, 0.25) is 0 Å². The minimum absolute atomic E-state index is 0.0355. The molecular weight excluding hydrogens is 1180 g/mol. The molecule has 0 atom stereocenters. The lowest BCUT2D eigenvalue weighted by Crippen LogP contribution is -2.27. The third-order valence-corrected chi connectivity index (χ3v) is 25.8. The summed E-state index contributed by atoms with van der Waals surface area (Å²) in [6.07, 6.45) is 84.6. The molecule has 2 nitrogen and oxygen atoms in total. The van der Waals surface area contributed by atoms with Gasteiger partial charge in [0.15, 0.2) is 0 Å². The van der Waals surface area contributed by atoms with Crippen molar-refractivity contribution in [1.29, 1.82) is 0 Å². The summed E-state index contributed by atoms with van der Waals surface area (Å²) in [5.74, 6) is 0. The molecule has 3 heterocycles. The van der Waals surface area contributed by atoms with Gasteiger partial charge in [0.25, 0.3) is 0 Å². The maximum absolute atomic E-state index is 5.04. The summed E-state index contributed by atoms with van der Waals surface area (Å²) >= 11 is 5.67. The van der Waals surface area contributed by atoms with E-state index in [0.29, 0.717) is 0 Å². The minimum atomic E-state index is 0.0355. The van der Waals surface area contributed by atoms with Gasteiger partial charge in [-0.25, -0.2) is 0 Å². The predicted molar refractivity (Wildman–Crippen MR) is 420 cm³/mol. The van der Waals surface area contributed by atoms with Crippen molar-refractivity contribution < 1.29 is 0 Å². The highest BCUT2D eigenvalue weighted by Crippen LogP contribution is 2.64. The van der Waals surface area contributed by atoms with Crippen LogP contribution in [0.15, 0.2) is 36.4 Å². The molecule has 0 spiro atoms. The summed E-state index contributed by atoms with van der Waals surface area (Å²) in [5, 5.41) is 0. The van der Waals surface area contributed by atoms with E-state index in [-0.39, 0.29) is 10.8 Å². The molecule has 0 bridgehead atoms. The molecule has 7 rings (SSSR count). The van der Waals surface area contributed by atoms with Crippen molar-refractivity contribution in [1.82, 2.24) is 8.75 Å². The molecule has 0 saturated heterocycles. The highest BCUT2D eigenvalue weighted by molar-refractivity contribution is 7.19. The first kappa shape index (κ1) is 78.0. The van der Waals surface area contributed by atoms with Crippen LogP contribution in [0.4, 0.5) is 0 Å². The first-order chi connectivity index (χ1) is 45.9. The average molecular weight is 1330 g/mol. The van der Waals surface area contributed by atoms with Crippen LogP contribution in [0.1, 0.15) is 446 Å². The molecule has 0 fully saturated rings. The molecule has 2 aliphatic carbocycles. The Bertz CT molecular complexity index is 2630. The Morgan fingerprint density at radius 2 is 0.538 bits per heavy atom. The van der Waals surface area contributed by atoms with E-state index in [0.717, 1.165) is 11.0 Å². The summed E-state index contributed by atoms with van der Waals surface area (Å²) in [4.78, 5) is 6.19. The summed E-state index contributed by atoms with van der Waals surface area (Å²) < 4.78 is 9.93. The highest BCUT2D eigenvalue weighted by atomic mass is 32.1. The van der Waals surface area contributed by atoms with Crippen LogP contribution in [0.2, 0.25) is 0 Å². The van der Waals surface area contributed by atoms with Gasteiger partial charge < -0.3 is 0 Å². The van der Waals surface area contributed by atoms with E-state index in [1.165, 1.54) is 418 Å². The lowest BCUT2D eigenvalue weighted by Gasteiger charge is -2.34. The molecule has 3 aromatic heterocycles. The molecule has 0 saturated carbocycles. The Labute approximate surface area is 588 Å². The van der Waals surface area contributed by atoms with Crippen molar-refractivity contribution in [2.75, 3.05) is 0 Å². The number of aromatic nitrogens is 2. The second-order valence-corrected chi connectivity index (χ2v) is 33.7. The molecule has 0 unspecified atom stereocenters. The van der Waals surface area contributed by atoms with E-state index >= 15 is 0 Å². The third-order valence-electron chi connectivity index (χ3n) is 23.0. The van der Waals surface area contributed by atoms with E-state index in [1.54, 1.807) is 43.1 Å². The van der Waals surface area contributed by atoms with Gasteiger partial charge in [-0.2, -0.15) is 8.75 Å². The summed E-state index contributed by atoms with van der Waals surface area (Å²) in [6, 6.07) is 16.0. The number of nitrogens with zero attached hydrogens (tertiary/aromatic N) is 2. The van der Waals surface area contributed by atoms with Crippen LogP contribution in [0.5, 0.6) is 0 Å². The monoisotopic (exact) mass is 1330 g/mol. The number of hydrogen-bond donors (Lipinski definition) is 0. The first-order valence-corrected chi connectivity index (χ1v) is 44.0. The van der Waals surface area contributed by atoms with Crippen molar-refractivity contribution in [3.63, 3.8) is 0 Å². The van der Waals surface area contributed by atoms with Gasteiger partial charge in [-0.05, 0) is 103 Å². The maximum atomic E-state index is 5.04. The van der Waals surface area contributed by atoms with Gasteiger partial charge in [-0.1, -0.05) is 399 Å². The molecule has 0 N–H and O–H groups in total. The van der Waals surface area contributed by atoms with Crippen LogP contribution in [0.3, 0.4) is 0 Å². The molecule has 524 valence electrons. The lowest BCUT2D eigenvalue weighted by molar-refractivity contribution is 0.394. The second kappa shape index (κ2) is 46.8. The number of fused-ring (bicyclic) bond motifs is 7. The van der Waals surface area contributed by atoms with Crippen LogP contribution >= 0.6 is 34.4 Å². The normalized spacial score (nSPS) is 13.7. The first-order valence-electron chi connectivity index (χ1n) is 41.6. The number of benzene rings is 2. The molecule has 2 aromatic carbocycles. The zero-order valence-electron chi connectivity index (χ0n) is 62.0. The Balaban J connectivity index is 1.13. The van der Waals surface area contributed by atoms with Gasteiger partial charge in [-0.3, -0.25) is 0 Å². The third kappa shape index (κ3) is 25.4. The number of aryl methyl sites for hydroxylation is 2. The van der Waals surface area contributed by atoms with E-state index in [9.17, 15) is 0 Å². The van der Waals surface area contributed by atoms with Crippen molar-refractivity contribution in [3.8, 4) is 31.3 Å². The predicted octanol–water partition coefficient (Wildman–Crippen LogP) is 32.1. The summed E-state index contributed by atoms with van der Waals surface area (Å²) in [5.41, 5.74) is 15.0. The Hall–Kier alpha value is -2.34. The maximum Gasteiger partial charge on any atom is 0.113 e. The molecule has 0 amide bonds. The molecule has 5 aromatic rings. The fourth-order valence-electron chi connectivity index (χ4n) is 17.2. The van der Waals surface area contributed by atoms with E-state index in [4.69, 9.17) is 8.75 Å².